The highest BCUT2D eigenvalue weighted by Gasteiger charge is 2.52. The summed E-state index contributed by atoms with van der Waals surface area (Å²) < 4.78 is 94.3. The van der Waals surface area contributed by atoms with Crippen molar-refractivity contribution in [2.75, 3.05) is 63.2 Å². The van der Waals surface area contributed by atoms with Gasteiger partial charge >= 0.3 is 11.9 Å². The fourth-order valence-electron chi connectivity index (χ4n) is 9.09. The molecule has 8 atom stereocenters. The van der Waals surface area contributed by atoms with Crippen LogP contribution in [-0.2, 0) is 57.1 Å². The van der Waals surface area contributed by atoms with Gasteiger partial charge in [-0.2, -0.15) is 14.3 Å². The molecule has 0 spiro atoms. The van der Waals surface area contributed by atoms with E-state index in [9.17, 15) is 26.4 Å². The predicted molar refractivity (Wildman–Crippen MR) is 263 cm³/mol. The first-order valence-corrected chi connectivity index (χ1v) is 27.9. The molecule has 2 aromatic heterocycles. The van der Waals surface area contributed by atoms with E-state index in [1.807, 2.05) is 26.0 Å². The molecule has 6 aliphatic heterocycles. The third kappa shape index (κ3) is 14.5. The largest absolute Gasteiger partial charge is 0.469 e. The van der Waals surface area contributed by atoms with Crippen LogP contribution in [0.4, 0.5) is 11.9 Å². The molecule has 0 saturated carbocycles. The molecule has 0 radical (unpaired) electrons. The van der Waals surface area contributed by atoms with Crippen LogP contribution in [0.25, 0.3) is 0 Å². The lowest BCUT2D eigenvalue weighted by atomic mass is 10.1. The van der Waals surface area contributed by atoms with Crippen molar-refractivity contribution in [3.8, 4) is 11.8 Å². The first-order chi connectivity index (χ1) is 35.0. The van der Waals surface area contributed by atoms with Gasteiger partial charge in [0.05, 0.1) is 36.2 Å². The molecule has 73 heavy (non-hydrogen) atoms. The van der Waals surface area contributed by atoms with Crippen LogP contribution in [0.15, 0.2) is 82.8 Å². The van der Waals surface area contributed by atoms with Gasteiger partial charge in [-0.3, -0.25) is 9.59 Å². The van der Waals surface area contributed by atoms with Gasteiger partial charge in [-0.15, -0.1) is 0 Å². The molecule has 4 aromatic rings. The Morgan fingerprint density at radius 1 is 0.603 bits per heavy atom. The second-order valence-electron chi connectivity index (χ2n) is 18.3. The van der Waals surface area contributed by atoms with E-state index >= 15 is 0 Å². The normalized spacial score (nSPS) is 26.2. The molecule has 2 aromatic carbocycles. The van der Waals surface area contributed by atoms with Crippen LogP contribution in [0, 0.1) is 13.8 Å². The monoisotopic (exact) mass is 1070 g/mol. The van der Waals surface area contributed by atoms with Crippen LogP contribution in [-0.4, -0.2) is 167 Å². The van der Waals surface area contributed by atoms with Gasteiger partial charge in [0, 0.05) is 74.2 Å². The van der Waals surface area contributed by atoms with Gasteiger partial charge in [0.2, 0.25) is 33.7 Å². The quantitative estimate of drug-likeness (QED) is 0.128. The van der Waals surface area contributed by atoms with Crippen LogP contribution in [0.1, 0.15) is 50.7 Å². The van der Waals surface area contributed by atoms with E-state index < -0.39 is 25.2 Å². The van der Waals surface area contributed by atoms with Crippen LogP contribution < -0.4 is 25.4 Å². The number of fused-ring (bicyclic) bond motifs is 2. The standard InChI is InChI=1S/C24H30N4O7S.C17H24N4O5.C7H7ClO2S/c1-15-3-5-18(6-4-15)36(30,31)28-11-8-17(9-12-28)26-24-25-10-7-21(27-24)35-20-14-33-22-19(34-16(2)29)13-32-23(20)22;1-10(22)25-12-8-23-16-13(9-24-15(12)16)26-14-4-7-19-17(21-14)20-11-2-5-18-6-3-11;1-6-2-4-7(5-3-6)11(8,9)10/h3-7,10,17,19-20,22-23H,8-9,11-14H2,1-2H3,(H,25,26,27);4,7,11-13,15-16,18H,2-3,5-6,8-9H2,1H3,(H,19,20,21);2-5H,1H3/t19-,20-,22+,23+;12-,13-,15+,16+;/m00./s1. The summed E-state index contributed by atoms with van der Waals surface area (Å²) in [6.45, 7) is 10.6. The van der Waals surface area contributed by atoms with E-state index in [-0.39, 0.29) is 72.2 Å². The van der Waals surface area contributed by atoms with Crippen molar-refractivity contribution >= 4 is 53.6 Å². The minimum atomic E-state index is -3.55. The maximum absolute atomic E-state index is 12.9. The molecule has 8 heterocycles. The lowest BCUT2D eigenvalue weighted by molar-refractivity contribution is -0.151. The van der Waals surface area contributed by atoms with E-state index in [4.69, 9.17) is 48.6 Å². The summed E-state index contributed by atoms with van der Waals surface area (Å²) in [6.07, 6.45) is 3.86. The molecule has 3 N–H and O–H groups in total. The number of carbonyl (C=O) groups is 2. The number of piperidine rings is 2. The molecule has 0 unspecified atom stereocenters. The molecule has 0 bridgehead atoms. The number of aromatic nitrogens is 4. The van der Waals surface area contributed by atoms with Gasteiger partial charge in [0.15, 0.2) is 24.4 Å². The summed E-state index contributed by atoms with van der Waals surface area (Å²) in [6, 6.07) is 17.1. The second kappa shape index (κ2) is 24.4. The van der Waals surface area contributed by atoms with E-state index in [0.29, 0.717) is 80.3 Å². The summed E-state index contributed by atoms with van der Waals surface area (Å²) in [5.74, 6) is 1.12. The Labute approximate surface area is 429 Å². The number of anilines is 2. The van der Waals surface area contributed by atoms with E-state index in [0.717, 1.165) is 37.1 Å². The van der Waals surface area contributed by atoms with E-state index in [2.05, 4.69) is 35.9 Å². The number of nitrogens with zero attached hydrogens (tertiary/aromatic N) is 5. The molecule has 0 amide bonds. The first kappa shape index (κ1) is 54.0. The van der Waals surface area contributed by atoms with E-state index in [1.54, 1.807) is 48.8 Å². The number of sulfonamides is 1. The summed E-state index contributed by atoms with van der Waals surface area (Å²) in [5, 5.41) is 9.99. The van der Waals surface area contributed by atoms with Crippen molar-refractivity contribution in [1.29, 1.82) is 0 Å². The number of hydrogen-bond donors (Lipinski definition) is 3. The summed E-state index contributed by atoms with van der Waals surface area (Å²) in [5.41, 5.74) is 2.03. The number of hydrogen-bond acceptors (Lipinski definition) is 21. The molecular formula is C48H61ClN8O14S2. The lowest BCUT2D eigenvalue weighted by Gasteiger charge is -2.31. The highest BCUT2D eigenvalue weighted by atomic mass is 35.7. The molecule has 0 aliphatic carbocycles. The molecule has 22 nitrogen and oxygen atoms in total. The Balaban J connectivity index is 0.000000167. The molecule has 396 valence electrons. The number of halogens is 1. The van der Waals surface area contributed by atoms with Crippen molar-refractivity contribution in [3.63, 3.8) is 0 Å². The predicted octanol–water partition coefficient (Wildman–Crippen LogP) is 3.57. The minimum absolute atomic E-state index is 0.0339. The van der Waals surface area contributed by atoms with Gasteiger partial charge in [-0.25, -0.2) is 26.8 Å². The average Bonchev–Trinajstić information content (AvgIpc) is 4.15. The van der Waals surface area contributed by atoms with Crippen molar-refractivity contribution in [1.82, 2.24) is 29.6 Å². The SMILES string of the molecule is CC(=O)O[C@H]1CO[C@H]2[C@@H]1OC[C@@H]2Oc1ccnc(NC2CCN(S(=O)(=O)c3ccc(C)cc3)CC2)n1.CC(=O)O[C@H]1CO[C@H]2[C@@H]1OC[C@@H]2Oc1ccnc(NC2CCNCC2)n1.Cc1ccc(S(=O)(=O)Cl)cc1. The highest BCUT2D eigenvalue weighted by molar-refractivity contribution is 8.13. The van der Waals surface area contributed by atoms with Gasteiger partial charge in [0.1, 0.15) is 24.4 Å². The summed E-state index contributed by atoms with van der Waals surface area (Å²) in [4.78, 5) is 40.4. The topological polar surface area (TPSA) is 267 Å². The summed E-state index contributed by atoms with van der Waals surface area (Å²) in [7, 11) is -1.97. The first-order valence-electron chi connectivity index (χ1n) is 24.1. The average molecular weight is 1070 g/mol. The van der Waals surface area contributed by atoms with Gasteiger partial charge < -0.3 is 53.8 Å². The van der Waals surface area contributed by atoms with Crippen LogP contribution >= 0.6 is 10.7 Å². The van der Waals surface area contributed by atoms with Crippen LogP contribution in [0.2, 0.25) is 0 Å². The molecule has 6 aliphatic rings. The van der Waals surface area contributed by atoms with Crippen LogP contribution in [0.3, 0.4) is 0 Å². The smallest absolute Gasteiger partial charge is 0.303 e. The fourth-order valence-corrected chi connectivity index (χ4v) is 11.3. The number of carbonyl (C=O) groups excluding carboxylic acids is 2. The maximum atomic E-state index is 12.9. The maximum Gasteiger partial charge on any atom is 0.303 e. The van der Waals surface area contributed by atoms with Crippen molar-refractivity contribution in [3.05, 3.63) is 84.2 Å². The zero-order valence-electron chi connectivity index (χ0n) is 40.8. The zero-order valence-corrected chi connectivity index (χ0v) is 43.2. The summed E-state index contributed by atoms with van der Waals surface area (Å²) >= 11 is 0. The highest BCUT2D eigenvalue weighted by Crippen LogP contribution is 2.33. The molecule has 10 rings (SSSR count). The van der Waals surface area contributed by atoms with Crippen molar-refractivity contribution < 1.29 is 64.3 Å². The second-order valence-corrected chi connectivity index (χ2v) is 22.8. The van der Waals surface area contributed by atoms with Gasteiger partial charge in [-0.1, -0.05) is 35.4 Å². The fraction of sp³-hybridized carbons (Fsp3) is 0.542. The van der Waals surface area contributed by atoms with Crippen LogP contribution in [0.5, 0.6) is 11.8 Å². The number of rotatable bonds is 13. The van der Waals surface area contributed by atoms with Crippen molar-refractivity contribution in [2.45, 2.75) is 124 Å². The molecule has 25 heteroatoms. The van der Waals surface area contributed by atoms with Gasteiger partial charge in [0.25, 0.3) is 9.05 Å². The molecule has 6 fully saturated rings. The Morgan fingerprint density at radius 2 is 1.00 bits per heavy atom. The van der Waals surface area contributed by atoms with E-state index in [1.165, 1.54) is 30.3 Å². The Hall–Kier alpha value is -5.31. The Bertz CT molecular complexity index is 2720. The molecule has 6 saturated heterocycles. The number of ether oxygens (including phenoxy) is 8. The number of benzene rings is 2. The minimum Gasteiger partial charge on any atom is -0.469 e. The number of esters is 2. The third-order valence-corrected chi connectivity index (χ3v) is 16.1. The van der Waals surface area contributed by atoms with Crippen molar-refractivity contribution in [2.24, 2.45) is 0 Å². The third-order valence-electron chi connectivity index (χ3n) is 12.8. The number of aryl methyl sites for hydroxylation is 2. The molecular weight excluding hydrogens is 1010 g/mol. The Morgan fingerprint density at radius 3 is 1.42 bits per heavy atom. The van der Waals surface area contributed by atoms with Gasteiger partial charge in [-0.05, 0) is 76.9 Å². The zero-order chi connectivity index (χ0) is 51.7. The Kier molecular flexibility index (Phi) is 18.0. The lowest BCUT2D eigenvalue weighted by Crippen LogP contribution is -2.42. The number of nitrogens with one attached hydrogen (secondary N) is 3.